The van der Waals surface area contributed by atoms with Gasteiger partial charge in [0.25, 0.3) is 0 Å². The quantitative estimate of drug-likeness (QED) is 0.379. The summed E-state index contributed by atoms with van der Waals surface area (Å²) >= 11 is 1.71. The smallest absolute Gasteiger partial charge is 0.414 e. The van der Waals surface area contributed by atoms with Gasteiger partial charge in [0.15, 0.2) is 0 Å². The molecule has 0 radical (unpaired) electrons. The van der Waals surface area contributed by atoms with Crippen LogP contribution in [0.1, 0.15) is 11.9 Å². The van der Waals surface area contributed by atoms with Crippen molar-refractivity contribution in [1.82, 2.24) is 14.8 Å². The Morgan fingerprint density at radius 1 is 0.946 bits per heavy atom. The van der Waals surface area contributed by atoms with Crippen molar-refractivity contribution >= 4 is 34.9 Å². The summed E-state index contributed by atoms with van der Waals surface area (Å²) in [5, 5.41) is 21.0. The largest absolute Gasteiger partial charge is 0.492 e. The van der Waals surface area contributed by atoms with Gasteiger partial charge in [-0.1, -0.05) is 42.5 Å². The van der Waals surface area contributed by atoms with E-state index in [2.05, 4.69) is 32.6 Å². The Labute approximate surface area is 219 Å². The second kappa shape index (κ2) is 14.1. The molecule has 196 valence electrons. The highest BCUT2D eigenvalue weighted by atomic mass is 32.1. The number of piperazine rings is 1. The molecule has 11 heteroatoms. The third-order valence-corrected chi connectivity index (χ3v) is 6.29. The molecule has 2 heterocycles. The Morgan fingerprint density at radius 2 is 1.57 bits per heavy atom. The zero-order valence-electron chi connectivity index (χ0n) is 20.5. The summed E-state index contributed by atoms with van der Waals surface area (Å²) in [6, 6.07) is 17.8. The molecule has 1 aliphatic heterocycles. The minimum atomic E-state index is -1.82. The fourth-order valence-corrected chi connectivity index (χ4v) is 4.51. The number of hydrogen-bond donors (Lipinski definition) is 3. The summed E-state index contributed by atoms with van der Waals surface area (Å²) < 4.78 is 5.59. The second-order valence-electron chi connectivity index (χ2n) is 8.13. The fourth-order valence-electron chi connectivity index (χ4n) is 3.67. The highest BCUT2D eigenvalue weighted by Crippen LogP contribution is 2.24. The molecule has 1 saturated heterocycles. The molecule has 0 bridgehead atoms. The first-order chi connectivity index (χ1) is 17.9. The van der Waals surface area contributed by atoms with Crippen molar-refractivity contribution in [3.63, 3.8) is 0 Å². The van der Waals surface area contributed by atoms with Crippen molar-refractivity contribution in [2.24, 2.45) is 0 Å². The lowest BCUT2D eigenvalue weighted by atomic mass is 10.2. The van der Waals surface area contributed by atoms with Gasteiger partial charge in [-0.05, 0) is 19.1 Å². The van der Waals surface area contributed by atoms with E-state index in [9.17, 15) is 4.79 Å². The number of carbonyl (C=O) groups is 3. The van der Waals surface area contributed by atoms with Gasteiger partial charge < -0.3 is 20.3 Å². The lowest BCUT2D eigenvalue weighted by Gasteiger charge is -2.33. The Morgan fingerprint density at radius 3 is 2.22 bits per heavy atom. The number of aliphatic carboxylic acids is 2. The van der Waals surface area contributed by atoms with Crippen molar-refractivity contribution in [1.29, 1.82) is 0 Å². The predicted octanol–water partition coefficient (Wildman–Crippen LogP) is 3.12. The lowest BCUT2D eigenvalue weighted by Crippen LogP contribution is -2.48. The van der Waals surface area contributed by atoms with Crippen LogP contribution in [0.15, 0.2) is 60.0 Å². The van der Waals surface area contributed by atoms with Crippen LogP contribution >= 0.6 is 11.3 Å². The predicted molar refractivity (Wildman–Crippen MR) is 141 cm³/mol. The van der Waals surface area contributed by atoms with Crippen molar-refractivity contribution in [2.75, 3.05) is 44.6 Å². The third kappa shape index (κ3) is 8.98. The van der Waals surface area contributed by atoms with Crippen LogP contribution in [0.2, 0.25) is 0 Å². The normalized spacial score (nSPS) is 13.8. The number of carboxylic acid groups (broad SMARTS) is 2. The number of nitrogens with one attached hydrogen (secondary N) is 1. The molecular weight excluding hydrogens is 496 g/mol. The number of aromatic nitrogens is 1. The first kappa shape index (κ1) is 27.8. The Hall–Kier alpha value is -3.80. The van der Waals surface area contributed by atoms with Gasteiger partial charge in [0, 0.05) is 37.1 Å². The number of hydrogen-bond acceptors (Lipinski definition) is 8. The zero-order valence-corrected chi connectivity index (χ0v) is 21.3. The number of ether oxygens (including phenoxy) is 1. The molecule has 3 aromatic rings. The molecule has 1 amide bonds. The molecular formula is C26H30N4O6S. The molecule has 37 heavy (non-hydrogen) atoms. The van der Waals surface area contributed by atoms with Crippen molar-refractivity contribution in [3.8, 4) is 17.0 Å². The molecule has 3 N–H and O–H groups in total. The standard InChI is InChI=1S/C24H28N4O2S.C2H2O4/c1-2-30-22-11-7-6-10-20(22)25-23(29)16-27-12-14-28(15-13-27)17-24-26-21(18-31-24)19-8-4-3-5-9-19;3-1(4)2(5)6/h3-11,18H,2,12-17H2,1H3,(H,25,29);(H,3,4)(H,5,6). The molecule has 2 aromatic carbocycles. The van der Waals surface area contributed by atoms with Gasteiger partial charge in [0.2, 0.25) is 5.91 Å². The van der Waals surface area contributed by atoms with Gasteiger partial charge in [-0.15, -0.1) is 11.3 Å². The zero-order chi connectivity index (χ0) is 26.6. The summed E-state index contributed by atoms with van der Waals surface area (Å²) in [6.07, 6.45) is 0. The highest BCUT2D eigenvalue weighted by molar-refractivity contribution is 7.09. The maximum absolute atomic E-state index is 12.5. The van der Waals surface area contributed by atoms with Gasteiger partial charge >= 0.3 is 11.9 Å². The summed E-state index contributed by atoms with van der Waals surface area (Å²) in [5.74, 6) is -2.94. The number of anilines is 1. The summed E-state index contributed by atoms with van der Waals surface area (Å²) in [6.45, 7) is 7.37. The highest BCUT2D eigenvalue weighted by Gasteiger charge is 2.20. The first-order valence-corrected chi connectivity index (χ1v) is 12.7. The van der Waals surface area contributed by atoms with Crippen LogP contribution in [0, 0.1) is 0 Å². The van der Waals surface area contributed by atoms with Crippen molar-refractivity contribution in [2.45, 2.75) is 13.5 Å². The van der Waals surface area contributed by atoms with Gasteiger partial charge in [-0.25, -0.2) is 14.6 Å². The number of thiazole rings is 1. The van der Waals surface area contributed by atoms with E-state index in [0.717, 1.165) is 54.7 Å². The first-order valence-electron chi connectivity index (χ1n) is 11.8. The molecule has 1 aromatic heterocycles. The van der Waals surface area contributed by atoms with Gasteiger partial charge in [0.05, 0.1) is 31.1 Å². The molecule has 1 aliphatic rings. The molecule has 0 atom stereocenters. The number of nitrogens with zero attached hydrogens (tertiary/aromatic N) is 3. The van der Waals surface area contributed by atoms with E-state index in [1.807, 2.05) is 49.4 Å². The molecule has 4 rings (SSSR count). The maximum Gasteiger partial charge on any atom is 0.414 e. The number of benzene rings is 2. The van der Waals surface area contributed by atoms with Crippen molar-refractivity contribution < 1.29 is 29.3 Å². The molecule has 0 saturated carbocycles. The van der Waals surface area contributed by atoms with Crippen LogP contribution in [0.25, 0.3) is 11.3 Å². The van der Waals surface area contributed by atoms with E-state index in [0.29, 0.717) is 18.9 Å². The average molecular weight is 527 g/mol. The van der Waals surface area contributed by atoms with E-state index in [1.165, 1.54) is 0 Å². The second-order valence-corrected chi connectivity index (χ2v) is 9.08. The topological polar surface area (TPSA) is 132 Å². The molecule has 10 nitrogen and oxygen atoms in total. The van der Waals surface area contributed by atoms with E-state index < -0.39 is 11.9 Å². The monoisotopic (exact) mass is 526 g/mol. The Bertz CT molecular complexity index is 1170. The Kier molecular flexibility index (Phi) is 10.6. The minimum Gasteiger partial charge on any atom is -0.492 e. The number of para-hydroxylation sites is 2. The van der Waals surface area contributed by atoms with Crippen LogP contribution < -0.4 is 10.1 Å². The molecule has 0 spiro atoms. The van der Waals surface area contributed by atoms with Crippen LogP contribution in [-0.4, -0.2) is 82.2 Å². The van der Waals surface area contributed by atoms with Gasteiger partial charge in [0.1, 0.15) is 10.8 Å². The fraction of sp³-hybridized carbons (Fsp3) is 0.308. The van der Waals surface area contributed by atoms with E-state index in [1.54, 1.807) is 11.3 Å². The van der Waals surface area contributed by atoms with E-state index >= 15 is 0 Å². The number of carboxylic acids is 2. The summed E-state index contributed by atoms with van der Waals surface area (Å²) in [4.78, 5) is 40.1. The lowest BCUT2D eigenvalue weighted by molar-refractivity contribution is -0.159. The molecule has 0 aliphatic carbocycles. The van der Waals surface area contributed by atoms with Crippen LogP contribution in [0.3, 0.4) is 0 Å². The SMILES string of the molecule is CCOc1ccccc1NC(=O)CN1CCN(Cc2nc(-c3ccccc3)cs2)CC1.O=C(O)C(=O)O. The van der Waals surface area contributed by atoms with Gasteiger partial charge in [-0.3, -0.25) is 14.6 Å². The van der Waals surface area contributed by atoms with Crippen LogP contribution in [0.4, 0.5) is 5.69 Å². The third-order valence-electron chi connectivity index (χ3n) is 5.46. The van der Waals surface area contributed by atoms with Gasteiger partial charge in [-0.2, -0.15) is 0 Å². The number of rotatable bonds is 8. The minimum absolute atomic E-state index is 0.00645. The summed E-state index contributed by atoms with van der Waals surface area (Å²) in [7, 11) is 0. The number of amides is 1. The Balaban J connectivity index is 0.000000568. The maximum atomic E-state index is 12.5. The average Bonchev–Trinajstić information content (AvgIpc) is 3.36. The molecule has 1 fully saturated rings. The van der Waals surface area contributed by atoms with Crippen LogP contribution in [-0.2, 0) is 20.9 Å². The number of carbonyl (C=O) groups excluding carboxylic acids is 1. The van der Waals surface area contributed by atoms with E-state index in [-0.39, 0.29) is 5.91 Å². The van der Waals surface area contributed by atoms with Crippen molar-refractivity contribution in [3.05, 3.63) is 65.0 Å². The van der Waals surface area contributed by atoms with Crippen LogP contribution in [0.5, 0.6) is 5.75 Å². The van der Waals surface area contributed by atoms with E-state index in [4.69, 9.17) is 29.5 Å². The molecule has 0 unspecified atom stereocenters. The summed E-state index contributed by atoms with van der Waals surface area (Å²) in [5.41, 5.74) is 2.93.